The van der Waals surface area contributed by atoms with Gasteiger partial charge in [-0.3, -0.25) is 9.59 Å². The molecule has 0 N–H and O–H groups in total. The van der Waals surface area contributed by atoms with Crippen LogP contribution in [0.1, 0.15) is 23.7 Å². The number of ether oxygens (including phenoxy) is 1. The van der Waals surface area contributed by atoms with Crippen LogP contribution in [-0.4, -0.2) is 30.2 Å². The van der Waals surface area contributed by atoms with Gasteiger partial charge in [-0.1, -0.05) is 30.3 Å². The van der Waals surface area contributed by atoms with Crippen molar-refractivity contribution in [3.63, 3.8) is 0 Å². The van der Waals surface area contributed by atoms with Gasteiger partial charge in [0.25, 0.3) is 0 Å². The summed E-state index contributed by atoms with van der Waals surface area (Å²) in [5.41, 5.74) is -3.42. The maximum atomic E-state index is 13.1. The number of halogens is 4. The Morgan fingerprint density at radius 1 is 1.10 bits per heavy atom. The highest BCUT2D eigenvalue weighted by Crippen LogP contribution is 2.33. The molecule has 0 fully saturated rings. The molecule has 1 rings (SSSR count). The Morgan fingerprint density at radius 3 is 2.15 bits per heavy atom. The minimum absolute atomic E-state index is 0.225. The molecule has 7 heteroatoms. The molecule has 0 bridgehead atoms. The van der Waals surface area contributed by atoms with Crippen LogP contribution in [0.5, 0.6) is 0 Å². The van der Waals surface area contributed by atoms with Crippen molar-refractivity contribution in [3.8, 4) is 0 Å². The topological polar surface area (TPSA) is 43.4 Å². The summed E-state index contributed by atoms with van der Waals surface area (Å²) >= 11 is 0. The predicted molar refractivity (Wildman–Crippen MR) is 61.9 cm³/mol. The number of hydrogen-bond acceptors (Lipinski definition) is 3. The lowest BCUT2D eigenvalue weighted by Crippen LogP contribution is -2.42. The Labute approximate surface area is 112 Å². The summed E-state index contributed by atoms with van der Waals surface area (Å²) < 4.78 is 53.8. The fourth-order valence-electron chi connectivity index (χ4n) is 1.21. The molecule has 0 heterocycles. The van der Waals surface area contributed by atoms with Crippen molar-refractivity contribution in [3.05, 3.63) is 35.9 Å². The van der Waals surface area contributed by atoms with Gasteiger partial charge in [0.1, 0.15) is 13.0 Å². The number of rotatable bonds is 5. The zero-order valence-electron chi connectivity index (χ0n) is 10.5. The van der Waals surface area contributed by atoms with Gasteiger partial charge < -0.3 is 4.74 Å². The van der Waals surface area contributed by atoms with Crippen LogP contribution in [0.4, 0.5) is 17.6 Å². The second kappa shape index (κ2) is 6.02. The summed E-state index contributed by atoms with van der Waals surface area (Å²) in [6.45, 7) is -1.21. The lowest BCUT2D eigenvalue weighted by Gasteiger charge is -2.22. The minimum atomic E-state index is -5.14. The third kappa shape index (κ3) is 4.32. The summed E-state index contributed by atoms with van der Waals surface area (Å²) in [5.74, 6) is -1.81. The van der Waals surface area contributed by atoms with Crippen LogP contribution in [0.25, 0.3) is 0 Å². The zero-order valence-corrected chi connectivity index (χ0v) is 10.5. The summed E-state index contributed by atoms with van der Waals surface area (Å²) in [4.78, 5) is 22.8. The van der Waals surface area contributed by atoms with Crippen LogP contribution < -0.4 is 0 Å². The van der Waals surface area contributed by atoms with Crippen molar-refractivity contribution in [2.75, 3.05) is 6.61 Å². The van der Waals surface area contributed by atoms with E-state index in [1.54, 1.807) is 18.2 Å². The molecule has 0 aromatic heterocycles. The number of ketones is 1. The van der Waals surface area contributed by atoms with E-state index in [2.05, 4.69) is 4.74 Å². The van der Waals surface area contributed by atoms with Gasteiger partial charge >= 0.3 is 12.1 Å². The van der Waals surface area contributed by atoms with Crippen LogP contribution >= 0.6 is 0 Å². The lowest BCUT2D eigenvalue weighted by molar-refractivity contribution is -0.237. The lowest BCUT2D eigenvalue weighted by atomic mass is 10.1. The maximum absolute atomic E-state index is 13.1. The molecule has 0 amide bonds. The average Bonchev–Trinajstić information content (AvgIpc) is 2.36. The molecule has 20 heavy (non-hydrogen) atoms. The molecule has 0 spiro atoms. The van der Waals surface area contributed by atoms with Gasteiger partial charge in [-0.2, -0.15) is 13.2 Å². The van der Waals surface area contributed by atoms with Crippen molar-refractivity contribution in [1.29, 1.82) is 0 Å². The molecule has 0 aliphatic rings. The van der Waals surface area contributed by atoms with Gasteiger partial charge in [0.2, 0.25) is 5.67 Å². The Morgan fingerprint density at radius 2 is 1.65 bits per heavy atom. The Kier molecular flexibility index (Phi) is 4.86. The summed E-state index contributed by atoms with van der Waals surface area (Å²) in [6, 6.07) is 7.70. The maximum Gasteiger partial charge on any atom is 0.425 e. The number of esters is 1. The van der Waals surface area contributed by atoms with Gasteiger partial charge in [0.15, 0.2) is 5.78 Å². The molecular formula is C13H12F4O3. The molecular weight excluding hydrogens is 280 g/mol. The van der Waals surface area contributed by atoms with E-state index in [0.717, 1.165) is 0 Å². The first-order chi connectivity index (χ1) is 9.13. The number of alkyl halides is 4. The number of hydrogen-bond donors (Lipinski definition) is 0. The number of benzene rings is 1. The first-order valence-corrected chi connectivity index (χ1v) is 5.63. The second-order valence-electron chi connectivity index (χ2n) is 4.32. The van der Waals surface area contributed by atoms with E-state index < -0.39 is 36.6 Å². The number of Topliss-reactive ketones (excluding diaryl/α,β-unsaturated/α-hetero) is 1. The average molecular weight is 292 g/mol. The second-order valence-corrected chi connectivity index (χ2v) is 4.32. The van der Waals surface area contributed by atoms with Gasteiger partial charge in [-0.05, 0) is 6.92 Å². The van der Waals surface area contributed by atoms with Gasteiger partial charge in [0, 0.05) is 5.56 Å². The molecule has 1 aromatic carbocycles. The highest BCUT2D eigenvalue weighted by atomic mass is 19.4. The zero-order chi connectivity index (χ0) is 15.4. The normalized spacial score (nSPS) is 14.4. The molecule has 3 nitrogen and oxygen atoms in total. The molecule has 0 saturated heterocycles. The molecule has 1 atom stereocenters. The molecule has 0 radical (unpaired) electrons. The smallest absolute Gasteiger partial charge is 0.425 e. The van der Waals surface area contributed by atoms with E-state index in [4.69, 9.17) is 0 Å². The molecule has 110 valence electrons. The van der Waals surface area contributed by atoms with Crippen LogP contribution in [0.15, 0.2) is 30.3 Å². The first kappa shape index (κ1) is 16.1. The fraction of sp³-hybridized carbons (Fsp3) is 0.385. The quantitative estimate of drug-likeness (QED) is 0.362. The van der Waals surface area contributed by atoms with Crippen molar-refractivity contribution in [2.24, 2.45) is 0 Å². The largest absolute Gasteiger partial charge is 0.462 e. The summed E-state index contributed by atoms with van der Waals surface area (Å²) in [5, 5.41) is 0. The van der Waals surface area contributed by atoms with E-state index in [0.29, 0.717) is 0 Å². The SMILES string of the molecule is CC(F)(COC(=O)CC(=O)c1ccccc1)C(F)(F)F. The van der Waals surface area contributed by atoms with E-state index in [-0.39, 0.29) is 12.5 Å². The molecule has 1 unspecified atom stereocenters. The predicted octanol–water partition coefficient (Wildman–Crippen LogP) is 3.09. The Hall–Kier alpha value is -1.92. The highest BCUT2D eigenvalue weighted by molar-refractivity contribution is 6.05. The van der Waals surface area contributed by atoms with Crippen molar-refractivity contribution >= 4 is 11.8 Å². The van der Waals surface area contributed by atoms with Crippen LogP contribution in [0.2, 0.25) is 0 Å². The van der Waals surface area contributed by atoms with E-state index in [1.165, 1.54) is 12.1 Å². The van der Waals surface area contributed by atoms with E-state index in [9.17, 15) is 27.2 Å². The third-order valence-electron chi connectivity index (χ3n) is 2.50. The highest BCUT2D eigenvalue weighted by Gasteiger charge is 2.53. The first-order valence-electron chi connectivity index (χ1n) is 5.63. The van der Waals surface area contributed by atoms with Gasteiger partial charge in [-0.15, -0.1) is 0 Å². The standard InChI is InChI=1S/C13H12F4O3/c1-12(14,13(15,16)17)8-20-11(19)7-10(18)9-5-3-2-4-6-9/h2-6H,7-8H2,1H3. The Bertz CT molecular complexity index is 480. The minimum Gasteiger partial charge on any atom is -0.462 e. The summed E-state index contributed by atoms with van der Waals surface area (Å²) in [7, 11) is 0. The number of carbonyl (C=O) groups excluding carboxylic acids is 2. The Balaban J connectivity index is 2.51. The van der Waals surface area contributed by atoms with Crippen molar-refractivity contribution < 1.29 is 31.9 Å². The van der Waals surface area contributed by atoms with Crippen LogP contribution in [0.3, 0.4) is 0 Å². The van der Waals surface area contributed by atoms with Gasteiger partial charge in [0.05, 0.1) is 0 Å². The van der Waals surface area contributed by atoms with Crippen LogP contribution in [-0.2, 0) is 9.53 Å². The third-order valence-corrected chi connectivity index (χ3v) is 2.50. The van der Waals surface area contributed by atoms with Crippen LogP contribution in [0, 0.1) is 0 Å². The van der Waals surface area contributed by atoms with E-state index in [1.807, 2.05) is 0 Å². The van der Waals surface area contributed by atoms with Crippen molar-refractivity contribution in [2.45, 2.75) is 25.2 Å². The molecule has 0 aliphatic carbocycles. The van der Waals surface area contributed by atoms with E-state index >= 15 is 0 Å². The molecule has 0 saturated carbocycles. The van der Waals surface area contributed by atoms with Gasteiger partial charge in [-0.25, -0.2) is 4.39 Å². The monoisotopic (exact) mass is 292 g/mol. The fourth-order valence-corrected chi connectivity index (χ4v) is 1.21. The summed E-state index contributed by atoms with van der Waals surface area (Å²) in [6.07, 6.45) is -5.88. The van der Waals surface area contributed by atoms with Crippen molar-refractivity contribution in [1.82, 2.24) is 0 Å². The number of carbonyl (C=O) groups is 2. The molecule has 1 aromatic rings. The molecule has 0 aliphatic heterocycles.